The summed E-state index contributed by atoms with van der Waals surface area (Å²) >= 11 is 0. The Kier molecular flexibility index (Phi) is 14.1. The summed E-state index contributed by atoms with van der Waals surface area (Å²) in [5.74, 6) is 0.797. The average molecular weight is 707 g/mol. The Morgan fingerprint density at radius 1 is 0.962 bits per heavy atom. The average Bonchev–Trinajstić information content (AvgIpc) is 4.11. The molecule has 0 radical (unpaired) electrons. The number of nitrogens with one attached hydrogen (secondary N) is 3. The van der Waals surface area contributed by atoms with Crippen LogP contribution in [-0.2, 0) is 19.2 Å². The number of amides is 3. The van der Waals surface area contributed by atoms with E-state index >= 15 is 0 Å². The van der Waals surface area contributed by atoms with Gasteiger partial charge in [-0.2, -0.15) is 0 Å². The van der Waals surface area contributed by atoms with Gasteiger partial charge < -0.3 is 20.9 Å². The van der Waals surface area contributed by atoms with Crippen LogP contribution in [-0.4, -0.2) is 57.8 Å². The van der Waals surface area contributed by atoms with E-state index in [2.05, 4.69) is 39.8 Å². The van der Waals surface area contributed by atoms with Crippen LogP contribution in [0.5, 0.6) is 0 Å². The van der Waals surface area contributed by atoms with Crippen LogP contribution in [0.2, 0.25) is 0 Å². The minimum absolute atomic E-state index is 0.0695. The molecule has 2 heterocycles. The number of primary amides is 1. The van der Waals surface area contributed by atoms with E-state index in [0.29, 0.717) is 36.2 Å². The number of allylic oxidation sites excluding steroid dienone is 2. The molecular formula is C41H50N6O5. The number of hydrogen-bond donors (Lipinski definition) is 4. The zero-order valence-electron chi connectivity index (χ0n) is 29.8. The molecule has 4 aromatic rings. The minimum Gasteiger partial charge on any atom is -0.376 e. The first kappa shape index (κ1) is 38.0. The number of anilines is 1. The van der Waals surface area contributed by atoms with Crippen molar-refractivity contribution < 1.29 is 19.2 Å². The number of benzene rings is 3. The second kappa shape index (κ2) is 19.4. The standard InChI is InChI=1S/C14H10N2O.C14H23NO2.C13H17N3O2/c17-14-11-8-4-5-9-12(11)15-13(16-14)10-6-2-1-3-7-10;1-2-3-4-5-6-7-11-10-13(11)14(16)15-17-12-8-9-12;14-13(18)11-7-4-8-16(11)12(17)9-15-10-5-2-1-3-6-10/h1-9H,(H,15,16,17);6-7,11-13H,2-5,8-10H2,1H3,(H,15,16);1-3,5-6,11,15H,4,7-9H2,(H2,14,18)/b;7-6-;. The molecule has 2 aliphatic carbocycles. The number of carbonyl (C=O) groups excluding carboxylic acids is 3. The lowest BCUT2D eigenvalue weighted by Gasteiger charge is -2.22. The SMILES string of the molecule is CCCCC/C=C\C1CC1C(=O)NOC1CC1.NC(=O)C1CCCN1C(=O)CNc1ccccc1.O=c1[nH]c(-c2ccccc2)nc2ccccc12. The number of aromatic nitrogens is 2. The first-order valence-electron chi connectivity index (χ1n) is 18.4. The van der Waals surface area contributed by atoms with E-state index in [-0.39, 0.29) is 29.8 Å². The van der Waals surface area contributed by atoms with Crippen molar-refractivity contribution in [3.8, 4) is 11.4 Å². The maximum absolute atomic E-state index is 12.0. The fourth-order valence-electron chi connectivity index (χ4n) is 5.93. The van der Waals surface area contributed by atoms with Crippen LogP contribution < -0.4 is 22.1 Å². The van der Waals surface area contributed by atoms with Crippen LogP contribution in [0, 0.1) is 11.8 Å². The van der Waals surface area contributed by atoms with Crippen LogP contribution >= 0.6 is 0 Å². The predicted octanol–water partition coefficient (Wildman–Crippen LogP) is 6.13. The number of aromatic amines is 1. The number of likely N-dealkylation sites (tertiary alicyclic amines) is 1. The first-order valence-corrected chi connectivity index (χ1v) is 18.4. The highest BCUT2D eigenvalue weighted by Gasteiger charge is 2.41. The van der Waals surface area contributed by atoms with Crippen molar-refractivity contribution in [1.82, 2.24) is 20.3 Å². The summed E-state index contributed by atoms with van der Waals surface area (Å²) in [7, 11) is 0. The van der Waals surface area contributed by atoms with Crippen molar-refractivity contribution in [2.24, 2.45) is 17.6 Å². The van der Waals surface area contributed by atoms with Gasteiger partial charge in [-0.05, 0) is 75.1 Å². The summed E-state index contributed by atoms with van der Waals surface area (Å²) in [5.41, 5.74) is 10.3. The molecule has 1 aromatic heterocycles. The Balaban J connectivity index is 0.000000151. The summed E-state index contributed by atoms with van der Waals surface area (Å²) < 4.78 is 0. The second-order valence-corrected chi connectivity index (χ2v) is 13.4. The molecular weight excluding hydrogens is 656 g/mol. The van der Waals surface area contributed by atoms with Gasteiger partial charge in [0.1, 0.15) is 11.9 Å². The molecule has 3 amide bonds. The van der Waals surface area contributed by atoms with Crippen molar-refractivity contribution in [3.63, 3.8) is 0 Å². The molecule has 5 N–H and O–H groups in total. The number of H-pyrrole nitrogens is 1. The molecule has 11 nitrogen and oxygen atoms in total. The number of para-hydroxylation sites is 2. The van der Waals surface area contributed by atoms with Crippen molar-refractivity contribution in [1.29, 1.82) is 0 Å². The van der Waals surface area contributed by atoms with Crippen molar-refractivity contribution in [2.45, 2.75) is 76.9 Å². The largest absolute Gasteiger partial charge is 0.376 e. The zero-order valence-corrected chi connectivity index (χ0v) is 29.8. The molecule has 3 unspecified atom stereocenters. The summed E-state index contributed by atoms with van der Waals surface area (Å²) in [5, 5.41) is 3.66. The Bertz CT molecular complexity index is 1840. The van der Waals surface area contributed by atoms with E-state index in [1.165, 1.54) is 19.3 Å². The zero-order chi connectivity index (χ0) is 36.7. The summed E-state index contributed by atoms with van der Waals surface area (Å²) in [6, 6.07) is 26.0. The van der Waals surface area contributed by atoms with E-state index in [0.717, 1.165) is 48.9 Å². The van der Waals surface area contributed by atoms with E-state index in [1.807, 2.05) is 78.9 Å². The molecule has 52 heavy (non-hydrogen) atoms. The van der Waals surface area contributed by atoms with Crippen LogP contribution in [0.15, 0.2) is 102 Å². The van der Waals surface area contributed by atoms with E-state index in [4.69, 9.17) is 10.6 Å². The molecule has 3 fully saturated rings. The highest BCUT2D eigenvalue weighted by Crippen LogP contribution is 2.40. The van der Waals surface area contributed by atoms with Gasteiger partial charge in [0, 0.05) is 23.7 Å². The molecule has 0 bridgehead atoms. The smallest absolute Gasteiger partial charge is 0.259 e. The highest BCUT2D eigenvalue weighted by molar-refractivity contribution is 5.89. The number of fused-ring (bicyclic) bond motifs is 1. The Morgan fingerprint density at radius 3 is 2.38 bits per heavy atom. The third-order valence-electron chi connectivity index (χ3n) is 9.16. The third-order valence-corrected chi connectivity index (χ3v) is 9.16. The summed E-state index contributed by atoms with van der Waals surface area (Å²) in [6.45, 7) is 3.02. The van der Waals surface area contributed by atoms with Gasteiger partial charge in [0.2, 0.25) is 17.7 Å². The number of carbonyl (C=O) groups is 3. The van der Waals surface area contributed by atoms with Crippen LogP contribution in [0.1, 0.15) is 64.7 Å². The summed E-state index contributed by atoms with van der Waals surface area (Å²) in [6.07, 6.45) is 14.4. The fourth-order valence-corrected chi connectivity index (χ4v) is 5.93. The fraction of sp³-hybridized carbons (Fsp3) is 0.390. The topological polar surface area (TPSA) is 160 Å². The van der Waals surface area contributed by atoms with Crippen LogP contribution in [0.25, 0.3) is 22.3 Å². The minimum atomic E-state index is -0.435. The number of rotatable bonds is 13. The van der Waals surface area contributed by atoms with Crippen molar-refractivity contribution in [3.05, 3.63) is 107 Å². The lowest BCUT2D eigenvalue weighted by atomic mass is 10.2. The second-order valence-electron chi connectivity index (χ2n) is 13.4. The maximum atomic E-state index is 12.0. The number of nitrogens with zero attached hydrogens (tertiary/aromatic N) is 2. The van der Waals surface area contributed by atoms with Crippen molar-refractivity contribution >= 4 is 34.3 Å². The quantitative estimate of drug-likeness (QED) is 0.0739. The molecule has 274 valence electrons. The Labute approximate surface area is 305 Å². The van der Waals surface area contributed by atoms with Gasteiger partial charge in [0.15, 0.2) is 0 Å². The van der Waals surface area contributed by atoms with E-state index in [9.17, 15) is 19.2 Å². The lowest BCUT2D eigenvalue weighted by molar-refractivity contribution is -0.136. The number of nitrogens with two attached hydrogens (primary N) is 1. The normalized spacial score (nSPS) is 18.9. The van der Waals surface area contributed by atoms with Gasteiger partial charge in [-0.1, -0.05) is 92.6 Å². The lowest BCUT2D eigenvalue weighted by Crippen LogP contribution is -2.45. The first-order chi connectivity index (χ1) is 25.3. The maximum Gasteiger partial charge on any atom is 0.259 e. The molecule has 3 aliphatic rings. The van der Waals surface area contributed by atoms with Gasteiger partial charge in [0.05, 0.1) is 23.6 Å². The molecule has 11 heteroatoms. The molecule has 1 aliphatic heterocycles. The van der Waals surface area contributed by atoms with Gasteiger partial charge in [-0.25, -0.2) is 10.5 Å². The predicted molar refractivity (Wildman–Crippen MR) is 204 cm³/mol. The molecule has 1 saturated heterocycles. The highest BCUT2D eigenvalue weighted by atomic mass is 16.7. The molecule has 0 spiro atoms. The van der Waals surface area contributed by atoms with Gasteiger partial charge >= 0.3 is 0 Å². The third kappa shape index (κ3) is 11.6. The molecule has 2 saturated carbocycles. The van der Waals surface area contributed by atoms with E-state index < -0.39 is 11.9 Å². The van der Waals surface area contributed by atoms with E-state index in [1.54, 1.807) is 11.0 Å². The number of hydrogen-bond acceptors (Lipinski definition) is 7. The van der Waals surface area contributed by atoms with Gasteiger partial charge in [-0.15, -0.1) is 0 Å². The van der Waals surface area contributed by atoms with Gasteiger partial charge in [-0.3, -0.25) is 24.0 Å². The van der Waals surface area contributed by atoms with Crippen LogP contribution in [0.4, 0.5) is 5.69 Å². The molecule has 7 rings (SSSR count). The summed E-state index contributed by atoms with van der Waals surface area (Å²) in [4.78, 5) is 60.7. The van der Waals surface area contributed by atoms with Gasteiger partial charge in [0.25, 0.3) is 5.56 Å². The molecule has 3 atom stereocenters. The Morgan fingerprint density at radius 2 is 1.67 bits per heavy atom. The Hall–Kier alpha value is -5.29. The van der Waals surface area contributed by atoms with Crippen LogP contribution in [0.3, 0.4) is 0 Å². The monoisotopic (exact) mass is 706 g/mol. The number of unbranched alkanes of at least 4 members (excludes halogenated alkanes) is 3. The number of hydroxylamine groups is 1. The van der Waals surface area contributed by atoms with Crippen molar-refractivity contribution in [2.75, 3.05) is 18.4 Å². The molecule has 3 aromatic carbocycles.